The van der Waals surface area contributed by atoms with E-state index in [4.69, 9.17) is 4.74 Å². The molecule has 23 heavy (non-hydrogen) atoms. The highest BCUT2D eigenvalue weighted by Crippen LogP contribution is 2.24. The summed E-state index contributed by atoms with van der Waals surface area (Å²) in [5, 5.41) is 1.57. The number of carbonyl (C=O) groups excluding carboxylic acids is 3. The summed E-state index contributed by atoms with van der Waals surface area (Å²) < 4.78 is 9.98. The van der Waals surface area contributed by atoms with Crippen molar-refractivity contribution in [2.24, 2.45) is 0 Å². The second-order valence-electron chi connectivity index (χ2n) is 5.31. The van der Waals surface area contributed by atoms with Crippen molar-refractivity contribution in [3.05, 3.63) is 24.3 Å². The fourth-order valence-electron chi connectivity index (χ4n) is 2.55. The summed E-state index contributed by atoms with van der Waals surface area (Å²) in [4.78, 5) is 37.2. The van der Waals surface area contributed by atoms with Crippen molar-refractivity contribution in [3.63, 3.8) is 0 Å². The Labute approximate surface area is 134 Å². The van der Waals surface area contributed by atoms with Crippen LogP contribution in [-0.2, 0) is 19.1 Å². The van der Waals surface area contributed by atoms with E-state index in [1.165, 1.54) is 7.11 Å². The van der Waals surface area contributed by atoms with Crippen LogP contribution in [0.5, 0.6) is 5.75 Å². The van der Waals surface area contributed by atoms with Crippen LogP contribution in [0.15, 0.2) is 24.3 Å². The first-order valence-electron chi connectivity index (χ1n) is 7.50. The van der Waals surface area contributed by atoms with Crippen molar-refractivity contribution < 1.29 is 29.2 Å². The van der Waals surface area contributed by atoms with Gasteiger partial charge in [-0.05, 0) is 38.1 Å². The molecular weight excluding hydrogens is 300 g/mol. The summed E-state index contributed by atoms with van der Waals surface area (Å²) in [5.41, 5.74) is 0.505. The van der Waals surface area contributed by atoms with Gasteiger partial charge in [0.25, 0.3) is 5.91 Å². The number of nitrogens with zero attached hydrogens (tertiary/aromatic N) is 1. The van der Waals surface area contributed by atoms with Gasteiger partial charge in [0, 0.05) is 0 Å². The van der Waals surface area contributed by atoms with E-state index < -0.39 is 18.1 Å². The average molecular weight is 321 g/mol. The average Bonchev–Trinajstić information content (AvgIpc) is 2.82. The van der Waals surface area contributed by atoms with Crippen molar-refractivity contribution in [1.82, 2.24) is 0 Å². The van der Waals surface area contributed by atoms with E-state index in [9.17, 15) is 14.4 Å². The summed E-state index contributed by atoms with van der Waals surface area (Å²) in [7, 11) is 1.29. The molecule has 0 saturated carbocycles. The second kappa shape index (κ2) is 7.23. The molecule has 1 aliphatic rings. The topological polar surface area (TPSA) is 89.5 Å². The van der Waals surface area contributed by atoms with Crippen LogP contribution in [0.1, 0.15) is 20.3 Å². The van der Waals surface area contributed by atoms with E-state index in [2.05, 4.69) is 4.74 Å². The van der Waals surface area contributed by atoms with E-state index in [-0.39, 0.29) is 18.2 Å². The van der Waals surface area contributed by atoms with E-state index in [0.29, 0.717) is 18.0 Å². The summed E-state index contributed by atoms with van der Waals surface area (Å²) in [6, 6.07) is 5.63. The van der Waals surface area contributed by atoms with Crippen LogP contribution < -0.4 is 15.0 Å². The van der Waals surface area contributed by atoms with Gasteiger partial charge in [-0.2, -0.15) is 0 Å². The molecule has 1 aromatic rings. The first kappa shape index (κ1) is 17.0. The highest BCUT2D eigenvalue weighted by Gasteiger charge is 2.43. The Morgan fingerprint density at radius 2 is 2.00 bits per heavy atom. The van der Waals surface area contributed by atoms with Gasteiger partial charge >= 0.3 is 5.97 Å². The Morgan fingerprint density at radius 3 is 2.57 bits per heavy atom. The zero-order valence-electron chi connectivity index (χ0n) is 13.4. The maximum Gasteiger partial charge on any atom is 0.364 e. The number of imide groups is 1. The number of benzene rings is 1. The number of quaternary nitrogens is 1. The number of hydrogen-bond acceptors (Lipinski definition) is 5. The van der Waals surface area contributed by atoms with E-state index in [0.717, 1.165) is 4.90 Å². The molecule has 2 N–H and O–H groups in total. The number of ether oxygens (including phenoxy) is 2. The minimum Gasteiger partial charge on any atom is -0.494 e. The highest BCUT2D eigenvalue weighted by molar-refractivity contribution is 6.21. The molecule has 1 aromatic carbocycles. The van der Waals surface area contributed by atoms with E-state index in [1.807, 2.05) is 6.92 Å². The number of methoxy groups -OCH3 is 1. The number of esters is 1. The molecule has 7 heteroatoms. The number of rotatable bonds is 6. The van der Waals surface area contributed by atoms with Crippen LogP contribution in [0.2, 0.25) is 0 Å². The molecule has 1 saturated heterocycles. The molecule has 2 rings (SSSR count). The standard InChI is InChI=1S/C16H20N2O5/c1-4-23-12-7-5-11(6-8-12)18-14(19)9-13(15(18)20)17-10(2)16(21)22-3/h5-8,10,13,17H,4,9H2,1-3H3/p+1/t10-,13-/m1/s1. The van der Waals surface area contributed by atoms with Gasteiger partial charge in [0.2, 0.25) is 5.91 Å². The minimum absolute atomic E-state index is 0.0629. The zero-order valence-corrected chi connectivity index (χ0v) is 13.4. The lowest BCUT2D eigenvalue weighted by molar-refractivity contribution is -0.693. The summed E-state index contributed by atoms with van der Waals surface area (Å²) in [6.45, 7) is 4.07. The van der Waals surface area contributed by atoms with Crippen molar-refractivity contribution in [3.8, 4) is 5.75 Å². The first-order valence-corrected chi connectivity index (χ1v) is 7.50. The quantitative estimate of drug-likeness (QED) is 0.581. The van der Waals surface area contributed by atoms with Crippen LogP contribution >= 0.6 is 0 Å². The summed E-state index contributed by atoms with van der Waals surface area (Å²) in [6.07, 6.45) is 0.0629. The Bertz CT molecular complexity index is 599. The van der Waals surface area contributed by atoms with E-state index in [1.54, 1.807) is 36.5 Å². The molecule has 0 bridgehead atoms. The number of amides is 2. The molecule has 7 nitrogen and oxygen atoms in total. The SMILES string of the molecule is CCOc1ccc(N2C(=O)C[C@@H]([NH2+][C@H](C)C(=O)OC)C2=O)cc1. The Hall–Kier alpha value is -2.41. The number of anilines is 1. The highest BCUT2D eigenvalue weighted by atomic mass is 16.5. The van der Waals surface area contributed by atoms with Crippen LogP contribution in [0.3, 0.4) is 0 Å². The van der Waals surface area contributed by atoms with Gasteiger partial charge in [0.05, 0.1) is 25.8 Å². The van der Waals surface area contributed by atoms with Crippen molar-refractivity contribution in [2.45, 2.75) is 32.4 Å². The molecular formula is C16H21N2O5+. The number of carbonyl (C=O) groups is 3. The van der Waals surface area contributed by atoms with Gasteiger partial charge in [-0.1, -0.05) is 0 Å². The number of nitrogens with two attached hydrogens (primary N) is 1. The zero-order chi connectivity index (χ0) is 17.0. The second-order valence-corrected chi connectivity index (χ2v) is 5.31. The summed E-state index contributed by atoms with van der Waals surface area (Å²) in [5.74, 6) is -0.352. The molecule has 0 aromatic heterocycles. The van der Waals surface area contributed by atoms with Gasteiger partial charge in [0.1, 0.15) is 5.75 Å². The molecule has 0 spiro atoms. The molecule has 0 unspecified atom stereocenters. The third-order valence-electron chi connectivity index (χ3n) is 3.68. The number of hydrogen-bond donors (Lipinski definition) is 1. The van der Waals surface area contributed by atoms with Crippen molar-refractivity contribution in [2.75, 3.05) is 18.6 Å². The fourth-order valence-corrected chi connectivity index (χ4v) is 2.55. The Balaban J connectivity index is 2.10. The molecule has 1 heterocycles. The largest absolute Gasteiger partial charge is 0.494 e. The Kier molecular flexibility index (Phi) is 5.33. The third kappa shape index (κ3) is 3.68. The molecule has 0 radical (unpaired) electrons. The predicted molar refractivity (Wildman–Crippen MR) is 81.9 cm³/mol. The smallest absolute Gasteiger partial charge is 0.364 e. The normalized spacial score (nSPS) is 18.9. The van der Waals surface area contributed by atoms with Gasteiger partial charge in [-0.3, -0.25) is 9.59 Å². The fraction of sp³-hybridized carbons (Fsp3) is 0.438. The van der Waals surface area contributed by atoms with Crippen molar-refractivity contribution >= 4 is 23.5 Å². The van der Waals surface area contributed by atoms with E-state index >= 15 is 0 Å². The lowest BCUT2D eigenvalue weighted by atomic mass is 10.2. The van der Waals surface area contributed by atoms with Crippen LogP contribution in [0.4, 0.5) is 5.69 Å². The van der Waals surface area contributed by atoms with Gasteiger partial charge < -0.3 is 14.8 Å². The maximum atomic E-state index is 12.5. The molecule has 0 aliphatic carbocycles. The van der Waals surface area contributed by atoms with Crippen molar-refractivity contribution in [1.29, 1.82) is 0 Å². The van der Waals surface area contributed by atoms with Gasteiger partial charge in [0.15, 0.2) is 12.1 Å². The monoisotopic (exact) mass is 321 g/mol. The first-order chi connectivity index (χ1) is 11.0. The lowest BCUT2D eigenvalue weighted by Gasteiger charge is -2.16. The predicted octanol–water partition coefficient (Wildman–Crippen LogP) is -0.158. The Morgan fingerprint density at radius 1 is 1.35 bits per heavy atom. The molecule has 1 aliphatic heterocycles. The van der Waals surface area contributed by atoms with Crippen LogP contribution in [-0.4, -0.2) is 43.6 Å². The van der Waals surface area contributed by atoms with Gasteiger partial charge in [-0.25, -0.2) is 9.69 Å². The molecule has 2 amide bonds. The summed E-state index contributed by atoms with van der Waals surface area (Å²) >= 11 is 0. The third-order valence-corrected chi connectivity index (χ3v) is 3.68. The van der Waals surface area contributed by atoms with Gasteiger partial charge in [-0.15, -0.1) is 0 Å². The van der Waals surface area contributed by atoms with Crippen LogP contribution in [0.25, 0.3) is 0 Å². The molecule has 1 fully saturated rings. The minimum atomic E-state index is -0.608. The van der Waals surface area contributed by atoms with Crippen LogP contribution in [0, 0.1) is 0 Å². The maximum absolute atomic E-state index is 12.5. The molecule has 124 valence electrons. The lowest BCUT2D eigenvalue weighted by Crippen LogP contribution is -2.97. The molecule has 2 atom stereocenters.